The molecule has 7 nitrogen and oxygen atoms in total. The van der Waals surface area contributed by atoms with Crippen LogP contribution >= 0.6 is 11.6 Å². The number of halogens is 1. The summed E-state index contributed by atoms with van der Waals surface area (Å²) in [4.78, 5) is 29.0. The predicted octanol–water partition coefficient (Wildman–Crippen LogP) is 5.67. The molecule has 2 amide bonds. The second-order valence-corrected chi connectivity index (χ2v) is 12.7. The van der Waals surface area contributed by atoms with Crippen LogP contribution in [0.5, 0.6) is 0 Å². The predicted molar refractivity (Wildman–Crippen MR) is 167 cm³/mol. The van der Waals surface area contributed by atoms with Gasteiger partial charge in [-0.1, -0.05) is 84.8 Å². The summed E-state index contributed by atoms with van der Waals surface area (Å²) >= 11 is 6.17. The van der Waals surface area contributed by atoms with Crippen LogP contribution in [0.4, 0.5) is 5.69 Å². The minimum absolute atomic E-state index is 0.0733. The van der Waals surface area contributed by atoms with Crippen molar-refractivity contribution in [3.05, 3.63) is 100 Å². The van der Waals surface area contributed by atoms with E-state index in [1.54, 1.807) is 23.1 Å². The van der Waals surface area contributed by atoms with Gasteiger partial charge >= 0.3 is 0 Å². The molecule has 0 saturated carbocycles. The minimum Gasteiger partial charge on any atom is -0.354 e. The standard InChI is InChI=1S/C32H40ClN3O4S/c1-5-19-34-32(38)30(21-26-10-7-6-8-11-26)35(23-27-16-13-24(2)14-17-27)31(37)12-9-20-36(41(4,39)40)29-22-28(33)18-15-25(29)3/h6-8,10-11,13-18,22,30H,5,9,12,19-21,23H2,1-4H3,(H,34,38)/t30-/m1/s1. The van der Waals surface area contributed by atoms with Crippen LogP contribution in [0.25, 0.3) is 0 Å². The molecule has 0 aromatic heterocycles. The maximum atomic E-state index is 13.9. The van der Waals surface area contributed by atoms with Gasteiger partial charge in [-0.3, -0.25) is 13.9 Å². The summed E-state index contributed by atoms with van der Waals surface area (Å²) in [5, 5.41) is 3.41. The maximum absolute atomic E-state index is 13.9. The fourth-order valence-electron chi connectivity index (χ4n) is 4.64. The number of benzene rings is 3. The molecular weight excluding hydrogens is 558 g/mol. The Morgan fingerprint density at radius 2 is 1.63 bits per heavy atom. The molecule has 0 radical (unpaired) electrons. The molecule has 0 bridgehead atoms. The number of rotatable bonds is 14. The van der Waals surface area contributed by atoms with Crippen molar-refractivity contribution < 1.29 is 18.0 Å². The van der Waals surface area contributed by atoms with E-state index in [2.05, 4.69) is 5.32 Å². The number of sulfonamides is 1. The van der Waals surface area contributed by atoms with Crippen LogP contribution in [0, 0.1) is 13.8 Å². The summed E-state index contributed by atoms with van der Waals surface area (Å²) < 4.78 is 26.7. The zero-order valence-electron chi connectivity index (χ0n) is 24.3. The molecule has 0 heterocycles. The summed E-state index contributed by atoms with van der Waals surface area (Å²) in [6.07, 6.45) is 2.64. The number of aryl methyl sites for hydroxylation is 2. The van der Waals surface area contributed by atoms with Crippen LogP contribution in [-0.2, 0) is 32.6 Å². The van der Waals surface area contributed by atoms with E-state index in [1.165, 1.54) is 4.31 Å². The molecule has 9 heteroatoms. The summed E-state index contributed by atoms with van der Waals surface area (Å²) in [7, 11) is -3.62. The quantitative estimate of drug-likeness (QED) is 0.259. The molecule has 0 aliphatic carbocycles. The average Bonchev–Trinajstić information content (AvgIpc) is 2.94. The summed E-state index contributed by atoms with van der Waals surface area (Å²) in [6.45, 7) is 6.68. The van der Waals surface area contributed by atoms with Crippen molar-refractivity contribution in [2.24, 2.45) is 0 Å². The van der Waals surface area contributed by atoms with Crippen molar-refractivity contribution >= 4 is 39.1 Å². The molecule has 0 unspecified atom stereocenters. The van der Waals surface area contributed by atoms with E-state index in [4.69, 9.17) is 11.6 Å². The zero-order valence-corrected chi connectivity index (χ0v) is 25.8. The highest BCUT2D eigenvalue weighted by atomic mass is 35.5. The number of carbonyl (C=O) groups excluding carboxylic acids is 2. The molecule has 1 atom stereocenters. The molecule has 0 aliphatic rings. The van der Waals surface area contributed by atoms with Crippen molar-refractivity contribution in [1.29, 1.82) is 0 Å². The third-order valence-corrected chi connectivity index (χ3v) is 8.30. The molecule has 0 saturated heterocycles. The van der Waals surface area contributed by atoms with Gasteiger partial charge in [-0.05, 0) is 55.5 Å². The molecule has 220 valence electrons. The third kappa shape index (κ3) is 9.61. The van der Waals surface area contributed by atoms with Gasteiger partial charge in [0.25, 0.3) is 0 Å². The van der Waals surface area contributed by atoms with Crippen molar-refractivity contribution in [3.63, 3.8) is 0 Å². The SMILES string of the molecule is CCCNC(=O)[C@@H](Cc1ccccc1)N(Cc1ccc(C)cc1)C(=O)CCCN(c1cc(Cl)ccc1C)S(C)(=O)=O. The van der Waals surface area contributed by atoms with Crippen LogP contribution in [0.1, 0.15) is 48.4 Å². The van der Waals surface area contributed by atoms with Crippen LogP contribution in [0.15, 0.2) is 72.8 Å². The Hall–Kier alpha value is -3.36. The zero-order chi connectivity index (χ0) is 30.0. The summed E-state index contributed by atoms with van der Waals surface area (Å²) in [5.41, 5.74) is 4.22. The molecule has 0 fully saturated rings. The van der Waals surface area contributed by atoms with E-state index in [0.29, 0.717) is 23.7 Å². The lowest BCUT2D eigenvalue weighted by atomic mass is 10.0. The second kappa shape index (κ2) is 15.0. The van der Waals surface area contributed by atoms with Crippen LogP contribution in [0.2, 0.25) is 5.02 Å². The normalized spacial score (nSPS) is 12.0. The Bertz CT molecular complexity index is 1410. The van der Waals surface area contributed by atoms with Gasteiger partial charge in [0.2, 0.25) is 21.8 Å². The van der Waals surface area contributed by atoms with E-state index in [9.17, 15) is 18.0 Å². The minimum atomic E-state index is -3.62. The van der Waals surface area contributed by atoms with E-state index < -0.39 is 16.1 Å². The van der Waals surface area contributed by atoms with Gasteiger partial charge in [-0.25, -0.2) is 8.42 Å². The van der Waals surface area contributed by atoms with Gasteiger partial charge in [0.15, 0.2) is 0 Å². The monoisotopic (exact) mass is 597 g/mol. The fraction of sp³-hybridized carbons (Fsp3) is 0.375. The molecule has 0 aliphatic heterocycles. The number of hydrogen-bond acceptors (Lipinski definition) is 4. The van der Waals surface area contributed by atoms with Gasteiger partial charge in [0.1, 0.15) is 6.04 Å². The van der Waals surface area contributed by atoms with Crippen molar-refractivity contribution in [2.45, 2.75) is 59.0 Å². The number of amides is 2. The lowest BCUT2D eigenvalue weighted by molar-refractivity contribution is -0.141. The van der Waals surface area contributed by atoms with Crippen molar-refractivity contribution in [2.75, 3.05) is 23.7 Å². The number of nitrogens with zero attached hydrogens (tertiary/aromatic N) is 2. The van der Waals surface area contributed by atoms with E-state index in [1.807, 2.05) is 75.4 Å². The molecule has 3 rings (SSSR count). The van der Waals surface area contributed by atoms with Crippen LogP contribution in [0.3, 0.4) is 0 Å². The molecule has 0 spiro atoms. The number of nitrogens with one attached hydrogen (secondary N) is 1. The average molecular weight is 598 g/mol. The first-order valence-corrected chi connectivity index (χ1v) is 16.1. The lowest BCUT2D eigenvalue weighted by Crippen LogP contribution is -2.50. The summed E-state index contributed by atoms with van der Waals surface area (Å²) in [6, 6.07) is 21.9. The first-order chi connectivity index (χ1) is 19.5. The van der Waals surface area contributed by atoms with Crippen molar-refractivity contribution in [3.8, 4) is 0 Å². The van der Waals surface area contributed by atoms with Gasteiger partial charge < -0.3 is 10.2 Å². The second-order valence-electron chi connectivity index (χ2n) is 10.4. The smallest absolute Gasteiger partial charge is 0.243 e. The molecule has 3 aromatic carbocycles. The topological polar surface area (TPSA) is 86.8 Å². The highest BCUT2D eigenvalue weighted by molar-refractivity contribution is 7.92. The van der Waals surface area contributed by atoms with E-state index in [0.717, 1.165) is 34.9 Å². The third-order valence-electron chi connectivity index (χ3n) is 6.89. The van der Waals surface area contributed by atoms with Crippen molar-refractivity contribution in [1.82, 2.24) is 10.2 Å². The number of anilines is 1. The van der Waals surface area contributed by atoms with Gasteiger partial charge in [0.05, 0.1) is 11.9 Å². The maximum Gasteiger partial charge on any atom is 0.243 e. The molecule has 41 heavy (non-hydrogen) atoms. The van der Waals surface area contributed by atoms with E-state index >= 15 is 0 Å². The Labute approximate surface area is 249 Å². The Morgan fingerprint density at radius 3 is 2.27 bits per heavy atom. The first kappa shape index (κ1) is 32.2. The van der Waals surface area contributed by atoms with Gasteiger partial charge in [-0.15, -0.1) is 0 Å². The van der Waals surface area contributed by atoms with Gasteiger partial charge in [-0.2, -0.15) is 0 Å². The fourth-order valence-corrected chi connectivity index (χ4v) is 5.82. The Balaban J connectivity index is 1.88. The molecule has 3 aromatic rings. The number of hydrogen-bond donors (Lipinski definition) is 1. The molecule has 1 N–H and O–H groups in total. The highest BCUT2D eigenvalue weighted by Crippen LogP contribution is 2.27. The summed E-state index contributed by atoms with van der Waals surface area (Å²) in [5.74, 6) is -0.419. The van der Waals surface area contributed by atoms with E-state index in [-0.39, 0.29) is 37.7 Å². The van der Waals surface area contributed by atoms with Gasteiger partial charge in [0, 0.05) is 37.5 Å². The highest BCUT2D eigenvalue weighted by Gasteiger charge is 2.30. The van der Waals surface area contributed by atoms with Crippen LogP contribution in [-0.4, -0.2) is 50.5 Å². The molecular formula is C32H40ClN3O4S. The lowest BCUT2D eigenvalue weighted by Gasteiger charge is -2.32. The number of carbonyl (C=O) groups is 2. The Morgan fingerprint density at radius 1 is 0.951 bits per heavy atom. The largest absolute Gasteiger partial charge is 0.354 e. The first-order valence-electron chi connectivity index (χ1n) is 13.9. The van der Waals surface area contributed by atoms with Crippen LogP contribution < -0.4 is 9.62 Å². The Kier molecular flexibility index (Phi) is 11.8.